The predicted molar refractivity (Wildman–Crippen MR) is 39.9 cm³/mol. The smallest absolute Gasteiger partial charge is 0.106 e. The fourth-order valence-corrected chi connectivity index (χ4v) is 1.27. The Morgan fingerprint density at radius 1 is 1.40 bits per heavy atom. The Bertz CT molecular complexity index is 273. The van der Waals surface area contributed by atoms with Crippen molar-refractivity contribution >= 4 is 17.2 Å². The van der Waals surface area contributed by atoms with E-state index in [1.54, 1.807) is 12.4 Å². The Morgan fingerprint density at radius 3 is 3.00 bits per heavy atom. The zero-order valence-electron chi connectivity index (χ0n) is 5.06. The van der Waals surface area contributed by atoms with Crippen LogP contribution in [0.3, 0.4) is 0 Å². The minimum Gasteiger partial charge on any atom is -0.201 e. The molecule has 2 heterocycles. The molecule has 0 N–H and O–H groups in total. The van der Waals surface area contributed by atoms with Crippen LogP contribution in [0.1, 0.15) is 4.88 Å². The number of nitrogens with zero attached hydrogens (tertiary/aromatic N) is 3. The van der Waals surface area contributed by atoms with Gasteiger partial charge in [0.15, 0.2) is 0 Å². The van der Waals surface area contributed by atoms with Crippen LogP contribution < -0.4 is 5.43 Å². The molecule has 0 aliphatic carbocycles. The van der Waals surface area contributed by atoms with Crippen LogP contribution in [-0.2, 0) is 0 Å². The van der Waals surface area contributed by atoms with Crippen molar-refractivity contribution in [3.63, 3.8) is 0 Å². The molecular weight excluding hydrogens is 146 g/mol. The van der Waals surface area contributed by atoms with Gasteiger partial charge in [0.2, 0.25) is 0 Å². The molecule has 0 bridgehead atoms. The summed E-state index contributed by atoms with van der Waals surface area (Å²) in [6.07, 6.45) is 5.30. The Hall–Kier alpha value is -1.16. The van der Waals surface area contributed by atoms with Gasteiger partial charge in [0.25, 0.3) is 0 Å². The lowest BCUT2D eigenvalue weighted by Crippen LogP contribution is -1.88. The van der Waals surface area contributed by atoms with E-state index < -0.39 is 0 Å². The molecule has 10 heavy (non-hydrogen) atoms. The number of rotatable bonds is 1. The zero-order chi connectivity index (χ0) is 6.81. The highest BCUT2D eigenvalue weighted by molar-refractivity contribution is 7.08. The van der Waals surface area contributed by atoms with Gasteiger partial charge >= 0.3 is 0 Å². The molecule has 3 nitrogen and oxygen atoms in total. The molecule has 0 saturated carbocycles. The van der Waals surface area contributed by atoms with E-state index in [1.807, 2.05) is 12.1 Å². The lowest BCUT2D eigenvalue weighted by Gasteiger charge is -1.84. The normalized spacial score (nSPS) is 15.0. The molecule has 2 rings (SSSR count). The van der Waals surface area contributed by atoms with E-state index in [2.05, 4.69) is 14.9 Å². The van der Waals surface area contributed by atoms with Crippen molar-refractivity contribution in [1.29, 1.82) is 0 Å². The van der Waals surface area contributed by atoms with Gasteiger partial charge in [-0.15, -0.1) is 5.10 Å². The second kappa shape index (κ2) is 2.22. The molecule has 1 aliphatic heterocycles. The minimum absolute atomic E-state index is 0.905. The highest BCUT2D eigenvalue weighted by atomic mass is 32.1. The van der Waals surface area contributed by atoms with Crippen molar-refractivity contribution in [2.24, 2.45) is 5.10 Å². The van der Waals surface area contributed by atoms with Crippen molar-refractivity contribution < 1.29 is 0 Å². The average molecular weight is 150 g/mol. The van der Waals surface area contributed by atoms with Crippen LogP contribution in [0.4, 0.5) is 0 Å². The Kier molecular flexibility index (Phi) is 1.25. The van der Waals surface area contributed by atoms with E-state index >= 15 is 0 Å². The third-order valence-electron chi connectivity index (χ3n) is 1.15. The van der Waals surface area contributed by atoms with Crippen LogP contribution >= 0.6 is 11.5 Å². The number of allylic oxidation sites excluding steroid dienone is 1. The monoisotopic (exact) mass is 150 g/mol. The first kappa shape index (κ1) is 5.61. The molecular formula is C6H4N3S. The molecule has 4 heteroatoms. The summed E-state index contributed by atoms with van der Waals surface area (Å²) in [6, 6.07) is 1.93. The third-order valence-corrected chi connectivity index (χ3v) is 1.92. The van der Waals surface area contributed by atoms with Gasteiger partial charge in [0, 0.05) is 6.20 Å². The number of hydrogen-bond donors (Lipinski definition) is 0. The number of aromatic nitrogens is 1. The first-order chi connectivity index (χ1) is 4.97. The molecule has 1 aromatic heterocycles. The van der Waals surface area contributed by atoms with E-state index in [9.17, 15) is 0 Å². The molecule has 0 atom stereocenters. The summed E-state index contributed by atoms with van der Waals surface area (Å²) in [5.74, 6) is 0. The van der Waals surface area contributed by atoms with Crippen LogP contribution in [0.15, 0.2) is 29.6 Å². The average Bonchev–Trinajstić information content (AvgIpc) is 2.59. The van der Waals surface area contributed by atoms with Crippen LogP contribution in [0.2, 0.25) is 0 Å². The van der Waals surface area contributed by atoms with Gasteiger partial charge in [-0.3, -0.25) is 0 Å². The molecule has 0 saturated heterocycles. The second-order valence-electron chi connectivity index (χ2n) is 1.79. The Labute approximate surface area is 62.2 Å². The summed E-state index contributed by atoms with van der Waals surface area (Å²) in [4.78, 5) is 1.07. The maximum absolute atomic E-state index is 3.95. The fourth-order valence-electron chi connectivity index (χ4n) is 0.712. The molecule has 0 unspecified atom stereocenters. The van der Waals surface area contributed by atoms with E-state index in [1.165, 1.54) is 11.5 Å². The van der Waals surface area contributed by atoms with Crippen molar-refractivity contribution in [2.75, 3.05) is 0 Å². The van der Waals surface area contributed by atoms with E-state index in [0.717, 1.165) is 10.6 Å². The molecule has 0 aromatic carbocycles. The second-order valence-corrected chi connectivity index (χ2v) is 2.63. The van der Waals surface area contributed by atoms with Gasteiger partial charge in [-0.05, 0) is 23.7 Å². The van der Waals surface area contributed by atoms with Gasteiger partial charge in [0.05, 0.1) is 11.1 Å². The number of hydrogen-bond acceptors (Lipinski definition) is 3. The quantitative estimate of drug-likeness (QED) is 0.588. The lowest BCUT2D eigenvalue weighted by molar-refractivity contribution is 0.973. The summed E-state index contributed by atoms with van der Waals surface area (Å²) in [5.41, 5.74) is 4.61. The molecule has 0 spiro atoms. The van der Waals surface area contributed by atoms with E-state index in [-0.39, 0.29) is 0 Å². The lowest BCUT2D eigenvalue weighted by atomic mass is 10.3. The standard InChI is InChI=1S/C6H4N3S/c1-3-7-9-5(1)6-2-4-8-10-6/h1-4H. The maximum atomic E-state index is 3.95. The first-order valence-electron chi connectivity index (χ1n) is 2.82. The topological polar surface area (TPSA) is 39.4 Å². The minimum atomic E-state index is 0.905. The van der Waals surface area contributed by atoms with Gasteiger partial charge < -0.3 is 0 Å². The molecule has 0 fully saturated rings. The fraction of sp³-hybridized carbons (Fsp3) is 0. The van der Waals surface area contributed by atoms with Crippen LogP contribution in [0.5, 0.6) is 0 Å². The van der Waals surface area contributed by atoms with E-state index in [4.69, 9.17) is 0 Å². The van der Waals surface area contributed by atoms with Crippen molar-refractivity contribution in [1.82, 2.24) is 9.80 Å². The highest BCUT2D eigenvalue weighted by Gasteiger charge is 2.04. The largest absolute Gasteiger partial charge is 0.201 e. The molecule has 1 radical (unpaired) electrons. The van der Waals surface area contributed by atoms with Gasteiger partial charge in [0.1, 0.15) is 5.71 Å². The molecule has 1 aromatic rings. The summed E-state index contributed by atoms with van der Waals surface area (Å²) >= 11 is 1.43. The molecule has 49 valence electrons. The van der Waals surface area contributed by atoms with Crippen molar-refractivity contribution in [3.8, 4) is 0 Å². The van der Waals surface area contributed by atoms with Gasteiger partial charge in [-0.25, -0.2) is 4.37 Å². The summed E-state index contributed by atoms with van der Waals surface area (Å²) < 4.78 is 3.95. The first-order valence-corrected chi connectivity index (χ1v) is 3.59. The van der Waals surface area contributed by atoms with Gasteiger partial charge in [-0.2, -0.15) is 5.43 Å². The van der Waals surface area contributed by atoms with Crippen LogP contribution in [0.25, 0.3) is 0 Å². The third kappa shape index (κ3) is 0.823. The SMILES string of the molecule is C1=CC(c2ccns2)=N[N]1. The van der Waals surface area contributed by atoms with E-state index in [0.29, 0.717) is 0 Å². The Balaban J connectivity index is 2.36. The van der Waals surface area contributed by atoms with Gasteiger partial charge in [-0.1, -0.05) is 0 Å². The zero-order valence-corrected chi connectivity index (χ0v) is 5.88. The summed E-state index contributed by atoms with van der Waals surface area (Å²) in [6.45, 7) is 0. The Morgan fingerprint density at radius 2 is 2.40 bits per heavy atom. The van der Waals surface area contributed by atoms with Crippen LogP contribution in [-0.4, -0.2) is 10.1 Å². The van der Waals surface area contributed by atoms with Crippen molar-refractivity contribution in [3.05, 3.63) is 29.4 Å². The predicted octanol–water partition coefficient (Wildman–Crippen LogP) is 0.979. The van der Waals surface area contributed by atoms with Crippen molar-refractivity contribution in [2.45, 2.75) is 0 Å². The summed E-state index contributed by atoms with van der Waals surface area (Å²) in [5, 5.41) is 3.88. The summed E-state index contributed by atoms with van der Waals surface area (Å²) in [7, 11) is 0. The maximum Gasteiger partial charge on any atom is 0.106 e. The highest BCUT2D eigenvalue weighted by Crippen LogP contribution is 2.09. The van der Waals surface area contributed by atoms with Crippen LogP contribution in [0, 0.1) is 0 Å². The molecule has 0 amide bonds. The molecule has 1 aliphatic rings.